The molecule has 4 rings (SSSR count). The minimum absolute atomic E-state index is 0.162. The maximum Gasteiger partial charge on any atom is 0.256 e. The van der Waals surface area contributed by atoms with Crippen molar-refractivity contribution in [1.29, 1.82) is 0 Å². The number of hydrogen-bond donors (Lipinski definition) is 1. The van der Waals surface area contributed by atoms with Crippen LogP contribution >= 0.6 is 0 Å². The van der Waals surface area contributed by atoms with Gasteiger partial charge in [-0.2, -0.15) is 0 Å². The van der Waals surface area contributed by atoms with Gasteiger partial charge in [0.05, 0.1) is 18.1 Å². The Hall–Kier alpha value is -3.22. The second kappa shape index (κ2) is 7.89. The average molecular weight is 406 g/mol. The molecule has 0 saturated carbocycles. The van der Waals surface area contributed by atoms with Crippen molar-refractivity contribution in [2.45, 2.75) is 45.4 Å². The number of rotatable bonds is 4. The van der Waals surface area contributed by atoms with Crippen molar-refractivity contribution >= 4 is 17.4 Å². The fourth-order valence-electron chi connectivity index (χ4n) is 3.80. The number of aromatic nitrogens is 3. The molecule has 0 unspecified atom stereocenters. The largest absolute Gasteiger partial charge is 0.368 e. The van der Waals surface area contributed by atoms with Crippen LogP contribution in [0.15, 0.2) is 47.5 Å². The molecular formula is C23H27N5O2. The smallest absolute Gasteiger partial charge is 0.256 e. The molecule has 7 heteroatoms. The third kappa shape index (κ3) is 4.20. The molecule has 1 atom stereocenters. The molecule has 3 aromatic rings. The zero-order chi connectivity index (χ0) is 21.3. The summed E-state index contributed by atoms with van der Waals surface area (Å²) in [6.45, 7) is 10.0. The molecule has 1 N–H and O–H groups in total. The lowest BCUT2D eigenvalue weighted by Gasteiger charge is -2.19. The van der Waals surface area contributed by atoms with E-state index in [4.69, 9.17) is 4.52 Å². The highest BCUT2D eigenvalue weighted by Gasteiger charge is 2.26. The van der Waals surface area contributed by atoms with Gasteiger partial charge in [0, 0.05) is 36.1 Å². The summed E-state index contributed by atoms with van der Waals surface area (Å²) in [6, 6.07) is 7.66. The monoisotopic (exact) mass is 405 g/mol. The van der Waals surface area contributed by atoms with Crippen molar-refractivity contribution in [3.63, 3.8) is 0 Å². The molecule has 1 aliphatic heterocycles. The number of anilines is 2. The molecule has 1 aliphatic rings. The van der Waals surface area contributed by atoms with E-state index in [2.05, 4.69) is 32.3 Å². The molecule has 7 nitrogen and oxygen atoms in total. The first-order valence-electron chi connectivity index (χ1n) is 10.2. The van der Waals surface area contributed by atoms with Crippen molar-refractivity contribution in [1.82, 2.24) is 15.1 Å². The predicted octanol–water partition coefficient (Wildman–Crippen LogP) is 4.32. The Morgan fingerprint density at radius 1 is 1.20 bits per heavy atom. The molecule has 1 fully saturated rings. The van der Waals surface area contributed by atoms with E-state index in [-0.39, 0.29) is 11.3 Å². The van der Waals surface area contributed by atoms with E-state index in [0.29, 0.717) is 17.3 Å². The first-order chi connectivity index (χ1) is 14.3. The van der Waals surface area contributed by atoms with Crippen LogP contribution in [0.3, 0.4) is 0 Å². The molecule has 0 bridgehead atoms. The second-order valence-electron chi connectivity index (χ2n) is 8.88. The zero-order valence-corrected chi connectivity index (χ0v) is 17.8. The molecule has 0 radical (unpaired) electrons. The predicted molar refractivity (Wildman–Crippen MR) is 116 cm³/mol. The lowest BCUT2D eigenvalue weighted by molar-refractivity contribution is 0.102. The summed E-state index contributed by atoms with van der Waals surface area (Å²) in [5.41, 5.74) is 3.90. The Kier molecular flexibility index (Phi) is 5.28. The minimum Gasteiger partial charge on any atom is -0.368 e. The van der Waals surface area contributed by atoms with Gasteiger partial charge >= 0.3 is 0 Å². The summed E-state index contributed by atoms with van der Waals surface area (Å²) < 4.78 is 5.36. The summed E-state index contributed by atoms with van der Waals surface area (Å²) in [7, 11) is 0. The molecule has 0 aliphatic carbocycles. The number of carbonyl (C=O) groups excluding carboxylic acids is 1. The van der Waals surface area contributed by atoms with E-state index in [9.17, 15) is 4.79 Å². The van der Waals surface area contributed by atoms with Crippen LogP contribution in [0.1, 0.15) is 60.4 Å². The van der Waals surface area contributed by atoms with E-state index in [0.717, 1.165) is 31.0 Å². The summed E-state index contributed by atoms with van der Waals surface area (Å²) in [5, 5.41) is 6.84. The van der Waals surface area contributed by atoms with Crippen LogP contribution in [0, 0.1) is 6.92 Å². The first-order valence-corrected chi connectivity index (χ1v) is 10.2. The van der Waals surface area contributed by atoms with Gasteiger partial charge in [-0.05, 0) is 36.6 Å². The van der Waals surface area contributed by atoms with Gasteiger partial charge in [0.1, 0.15) is 12.1 Å². The second-order valence-corrected chi connectivity index (χ2v) is 8.88. The fourth-order valence-corrected chi connectivity index (χ4v) is 3.80. The number of carbonyl (C=O) groups is 1. The number of benzene rings is 1. The van der Waals surface area contributed by atoms with Crippen molar-refractivity contribution in [2.24, 2.45) is 0 Å². The quantitative estimate of drug-likeness (QED) is 0.696. The average Bonchev–Trinajstić information content (AvgIpc) is 3.38. The SMILES string of the molecule is Cc1ccc(C(=O)Nc2cc(C(C)(C)C)on2)cc1[C@@H]1CCN(c2cncnc2)C1. The zero-order valence-electron chi connectivity index (χ0n) is 17.8. The van der Waals surface area contributed by atoms with Gasteiger partial charge in [0.15, 0.2) is 5.82 Å². The van der Waals surface area contributed by atoms with Crippen LogP contribution in [-0.2, 0) is 5.41 Å². The van der Waals surface area contributed by atoms with Gasteiger partial charge in [-0.1, -0.05) is 32.0 Å². The summed E-state index contributed by atoms with van der Waals surface area (Å²) in [4.78, 5) is 23.3. The molecule has 30 heavy (non-hydrogen) atoms. The highest BCUT2D eigenvalue weighted by atomic mass is 16.5. The summed E-state index contributed by atoms with van der Waals surface area (Å²) in [6.07, 6.45) is 6.26. The van der Waals surface area contributed by atoms with Crippen LogP contribution in [-0.4, -0.2) is 34.1 Å². The molecule has 3 heterocycles. The van der Waals surface area contributed by atoms with Crippen LogP contribution in [0.2, 0.25) is 0 Å². The third-order valence-corrected chi connectivity index (χ3v) is 5.57. The number of aryl methyl sites for hydroxylation is 1. The Morgan fingerprint density at radius 2 is 1.97 bits per heavy atom. The molecule has 1 aromatic carbocycles. The van der Waals surface area contributed by atoms with Crippen molar-refractivity contribution in [2.75, 3.05) is 23.3 Å². The fraction of sp³-hybridized carbons (Fsp3) is 0.391. The number of hydrogen-bond acceptors (Lipinski definition) is 6. The lowest BCUT2D eigenvalue weighted by atomic mass is 9.92. The molecule has 1 amide bonds. The maximum atomic E-state index is 12.8. The highest BCUT2D eigenvalue weighted by molar-refractivity contribution is 6.03. The van der Waals surface area contributed by atoms with Gasteiger partial charge in [-0.3, -0.25) is 4.79 Å². The minimum atomic E-state index is -0.184. The van der Waals surface area contributed by atoms with Crippen LogP contribution in [0.4, 0.5) is 11.5 Å². The number of nitrogens with zero attached hydrogens (tertiary/aromatic N) is 4. The highest BCUT2D eigenvalue weighted by Crippen LogP contribution is 2.32. The maximum absolute atomic E-state index is 12.8. The molecule has 1 saturated heterocycles. The van der Waals surface area contributed by atoms with Crippen molar-refractivity contribution in [3.05, 3.63) is 65.4 Å². The summed E-state index contributed by atoms with van der Waals surface area (Å²) in [5.74, 6) is 1.34. The third-order valence-electron chi connectivity index (χ3n) is 5.57. The number of amides is 1. The van der Waals surface area contributed by atoms with Gasteiger partial charge in [-0.25, -0.2) is 9.97 Å². The van der Waals surface area contributed by atoms with E-state index < -0.39 is 0 Å². The van der Waals surface area contributed by atoms with Crippen LogP contribution < -0.4 is 10.2 Å². The summed E-state index contributed by atoms with van der Waals surface area (Å²) >= 11 is 0. The topological polar surface area (TPSA) is 84.2 Å². The van der Waals surface area contributed by atoms with Gasteiger partial charge < -0.3 is 14.7 Å². The first kappa shape index (κ1) is 20.1. The Balaban J connectivity index is 1.49. The normalized spacial score (nSPS) is 16.7. The van der Waals surface area contributed by atoms with Crippen molar-refractivity contribution < 1.29 is 9.32 Å². The lowest BCUT2D eigenvalue weighted by Crippen LogP contribution is -2.20. The van der Waals surface area contributed by atoms with Crippen molar-refractivity contribution in [3.8, 4) is 0 Å². The molecule has 2 aromatic heterocycles. The Labute approximate surface area is 176 Å². The Morgan fingerprint density at radius 3 is 2.67 bits per heavy atom. The van der Waals surface area contributed by atoms with Crippen LogP contribution in [0.25, 0.3) is 0 Å². The number of nitrogens with one attached hydrogen (secondary N) is 1. The Bertz CT molecular complexity index is 1040. The van der Waals surface area contributed by atoms with Crippen LogP contribution in [0.5, 0.6) is 0 Å². The van der Waals surface area contributed by atoms with Gasteiger partial charge in [0.25, 0.3) is 5.91 Å². The molecule has 0 spiro atoms. The molecular weight excluding hydrogens is 378 g/mol. The van der Waals surface area contributed by atoms with E-state index in [1.165, 1.54) is 11.1 Å². The molecule has 156 valence electrons. The standard InChI is InChI=1S/C23H27N5O2/c1-15-5-6-16(22(29)26-21-10-20(30-27-21)23(2,3)4)9-19(15)17-7-8-28(13-17)18-11-24-14-25-12-18/h5-6,9-12,14,17H,7-8,13H2,1-4H3,(H,26,27,29)/t17-/m1/s1. The van der Waals surface area contributed by atoms with Gasteiger partial charge in [0.2, 0.25) is 0 Å². The van der Waals surface area contributed by atoms with E-state index in [1.54, 1.807) is 12.4 Å². The van der Waals surface area contributed by atoms with E-state index >= 15 is 0 Å². The van der Waals surface area contributed by atoms with E-state index in [1.807, 2.05) is 51.4 Å². The van der Waals surface area contributed by atoms with Gasteiger partial charge in [-0.15, -0.1) is 0 Å².